The fourth-order valence-corrected chi connectivity index (χ4v) is 2.03. The Labute approximate surface area is 111 Å². The van der Waals surface area contributed by atoms with Crippen LogP contribution >= 0.6 is 11.6 Å². The minimum atomic E-state index is -0.660. The van der Waals surface area contributed by atoms with Crippen LogP contribution in [0.1, 0.15) is 0 Å². The van der Waals surface area contributed by atoms with Crippen LogP contribution in [0.5, 0.6) is 0 Å². The molecule has 0 saturated heterocycles. The molecule has 2 aromatic heterocycles. The first-order chi connectivity index (χ1) is 9.04. The fraction of sp³-hybridized carbons (Fsp3) is 0.0833. The van der Waals surface area contributed by atoms with E-state index in [9.17, 15) is 8.78 Å². The molecule has 7 heteroatoms. The van der Waals surface area contributed by atoms with Crippen molar-refractivity contribution in [1.29, 1.82) is 0 Å². The molecule has 0 fully saturated rings. The molecule has 0 saturated carbocycles. The van der Waals surface area contributed by atoms with Gasteiger partial charge >= 0.3 is 0 Å². The third-order valence-electron chi connectivity index (χ3n) is 2.66. The van der Waals surface area contributed by atoms with Gasteiger partial charge in [-0.25, -0.2) is 18.7 Å². The number of hydrogen-bond acceptors (Lipinski definition) is 3. The molecule has 3 rings (SSSR count). The largest absolute Gasteiger partial charge is 0.274 e. The lowest BCUT2D eigenvalue weighted by Crippen LogP contribution is -1.93. The van der Waals surface area contributed by atoms with Crippen LogP contribution in [0.4, 0.5) is 8.78 Å². The van der Waals surface area contributed by atoms with E-state index in [0.717, 1.165) is 6.20 Å². The maximum Gasteiger partial charge on any atom is 0.223 e. The summed E-state index contributed by atoms with van der Waals surface area (Å²) in [5.41, 5.74) is 0.483. The first kappa shape index (κ1) is 12.0. The molecule has 2 heterocycles. The van der Waals surface area contributed by atoms with Gasteiger partial charge in [-0.3, -0.25) is 4.68 Å². The van der Waals surface area contributed by atoms with Crippen molar-refractivity contribution in [3.63, 3.8) is 0 Å². The van der Waals surface area contributed by atoms with Crippen molar-refractivity contribution in [3.05, 3.63) is 41.4 Å². The Morgan fingerprint density at radius 1 is 1.21 bits per heavy atom. The van der Waals surface area contributed by atoms with E-state index < -0.39 is 11.6 Å². The van der Waals surface area contributed by atoms with Crippen LogP contribution in [-0.2, 0) is 7.05 Å². The van der Waals surface area contributed by atoms with E-state index in [-0.39, 0.29) is 16.5 Å². The van der Waals surface area contributed by atoms with Gasteiger partial charge in [0.25, 0.3) is 0 Å². The second kappa shape index (κ2) is 4.24. The average Bonchev–Trinajstić information content (AvgIpc) is 2.73. The van der Waals surface area contributed by atoms with Gasteiger partial charge < -0.3 is 0 Å². The van der Waals surface area contributed by atoms with Gasteiger partial charge in [0.05, 0.1) is 6.20 Å². The highest BCUT2D eigenvalue weighted by molar-refractivity contribution is 6.28. The summed E-state index contributed by atoms with van der Waals surface area (Å²) in [7, 11) is 1.68. The Bertz CT molecular complexity index is 785. The second-order valence-electron chi connectivity index (χ2n) is 4.03. The summed E-state index contributed by atoms with van der Waals surface area (Å²) >= 11 is 5.63. The highest BCUT2D eigenvalue weighted by atomic mass is 35.5. The SMILES string of the molecule is Cn1cc2cc(-c3nc(Cl)ncc3F)cc(F)c2n1. The number of aromatic nitrogens is 4. The molecule has 0 bridgehead atoms. The Morgan fingerprint density at radius 3 is 2.79 bits per heavy atom. The smallest absolute Gasteiger partial charge is 0.223 e. The lowest BCUT2D eigenvalue weighted by molar-refractivity contribution is 0.616. The van der Waals surface area contributed by atoms with Crippen molar-refractivity contribution in [2.45, 2.75) is 0 Å². The molecule has 96 valence electrons. The van der Waals surface area contributed by atoms with Gasteiger partial charge in [0.2, 0.25) is 5.28 Å². The van der Waals surface area contributed by atoms with Gasteiger partial charge in [0.15, 0.2) is 11.6 Å². The van der Waals surface area contributed by atoms with Gasteiger partial charge in [-0.15, -0.1) is 0 Å². The van der Waals surface area contributed by atoms with Crippen molar-refractivity contribution in [2.75, 3.05) is 0 Å². The summed E-state index contributed by atoms with van der Waals surface area (Å²) in [5, 5.41) is 4.44. The molecule has 4 nitrogen and oxygen atoms in total. The summed E-state index contributed by atoms with van der Waals surface area (Å²) in [5.74, 6) is -1.20. The minimum absolute atomic E-state index is 0.0374. The molecule has 0 spiro atoms. The average molecular weight is 281 g/mol. The predicted molar refractivity (Wildman–Crippen MR) is 66.7 cm³/mol. The van der Waals surface area contributed by atoms with Crippen LogP contribution in [0.3, 0.4) is 0 Å². The standard InChI is InChI=1S/C12H7ClF2N4/c1-19-5-7-2-6(3-8(14)11(7)18-19)10-9(15)4-16-12(13)17-10/h2-5H,1H3. The second-order valence-corrected chi connectivity index (χ2v) is 4.37. The maximum atomic E-state index is 13.9. The maximum absolute atomic E-state index is 13.9. The first-order valence-electron chi connectivity index (χ1n) is 5.36. The van der Waals surface area contributed by atoms with Crippen molar-refractivity contribution in [2.24, 2.45) is 7.05 Å². The third-order valence-corrected chi connectivity index (χ3v) is 2.85. The van der Waals surface area contributed by atoms with E-state index in [1.807, 2.05) is 0 Å². The van der Waals surface area contributed by atoms with E-state index in [2.05, 4.69) is 15.1 Å². The zero-order valence-electron chi connectivity index (χ0n) is 9.73. The number of fused-ring (bicyclic) bond motifs is 1. The monoisotopic (exact) mass is 280 g/mol. The van der Waals surface area contributed by atoms with Crippen molar-refractivity contribution in [3.8, 4) is 11.3 Å². The quantitative estimate of drug-likeness (QED) is 0.644. The normalized spacial score (nSPS) is 11.2. The van der Waals surface area contributed by atoms with Gasteiger partial charge in [0, 0.05) is 24.2 Å². The van der Waals surface area contributed by atoms with Crippen LogP contribution < -0.4 is 0 Å². The molecule has 1 aromatic carbocycles. The third kappa shape index (κ3) is 2.04. The molecule has 0 unspecified atom stereocenters. The van der Waals surface area contributed by atoms with Gasteiger partial charge in [0.1, 0.15) is 11.2 Å². The zero-order valence-corrected chi connectivity index (χ0v) is 10.5. The van der Waals surface area contributed by atoms with Crippen molar-refractivity contribution < 1.29 is 8.78 Å². The molecule has 0 radical (unpaired) electrons. The number of aryl methyl sites for hydroxylation is 1. The number of benzene rings is 1. The molecule has 0 aliphatic heterocycles. The van der Waals surface area contributed by atoms with E-state index >= 15 is 0 Å². The number of hydrogen-bond donors (Lipinski definition) is 0. The van der Waals surface area contributed by atoms with Gasteiger partial charge in [-0.1, -0.05) is 0 Å². The zero-order chi connectivity index (χ0) is 13.6. The summed E-state index contributed by atoms with van der Waals surface area (Å²) in [6, 6.07) is 2.78. The van der Waals surface area contributed by atoms with Gasteiger partial charge in [-0.2, -0.15) is 5.10 Å². The Kier molecular flexibility index (Phi) is 2.67. The van der Waals surface area contributed by atoms with Crippen LogP contribution in [0.25, 0.3) is 22.2 Å². The topological polar surface area (TPSA) is 43.6 Å². The molecule has 3 aromatic rings. The van der Waals surface area contributed by atoms with Crippen LogP contribution in [-0.4, -0.2) is 19.7 Å². The summed E-state index contributed by atoms with van der Waals surface area (Å²) in [6.45, 7) is 0. The molecule has 0 N–H and O–H groups in total. The van der Waals surface area contributed by atoms with Crippen LogP contribution in [0.2, 0.25) is 5.28 Å². The summed E-state index contributed by atoms with van der Waals surface area (Å²) in [4.78, 5) is 7.31. The Hall–Kier alpha value is -2.08. The van der Waals surface area contributed by atoms with Gasteiger partial charge in [-0.05, 0) is 23.7 Å². The summed E-state index contributed by atoms with van der Waals surface area (Å²) in [6.07, 6.45) is 2.60. The number of rotatable bonds is 1. The Morgan fingerprint density at radius 2 is 2.00 bits per heavy atom. The highest BCUT2D eigenvalue weighted by Gasteiger charge is 2.13. The first-order valence-corrected chi connectivity index (χ1v) is 5.74. The van der Waals surface area contributed by atoms with Crippen molar-refractivity contribution >= 4 is 22.5 Å². The van der Waals surface area contributed by atoms with Crippen molar-refractivity contribution in [1.82, 2.24) is 19.7 Å². The van der Waals surface area contributed by atoms with E-state index in [4.69, 9.17) is 11.6 Å². The van der Waals surface area contributed by atoms with E-state index in [1.54, 1.807) is 19.3 Å². The predicted octanol–water partition coefficient (Wildman–Crippen LogP) is 2.96. The van der Waals surface area contributed by atoms with Crippen LogP contribution in [0, 0.1) is 11.6 Å². The lowest BCUT2D eigenvalue weighted by atomic mass is 10.1. The van der Waals surface area contributed by atoms with E-state index in [0.29, 0.717) is 10.9 Å². The number of halogens is 3. The lowest BCUT2D eigenvalue weighted by Gasteiger charge is -2.03. The molecule has 0 aliphatic rings. The molecule has 0 amide bonds. The summed E-state index contributed by atoms with van der Waals surface area (Å²) < 4.78 is 29.1. The number of nitrogens with zero attached hydrogens (tertiary/aromatic N) is 4. The molecule has 19 heavy (non-hydrogen) atoms. The molecular weight excluding hydrogens is 274 g/mol. The molecular formula is C12H7ClF2N4. The minimum Gasteiger partial charge on any atom is -0.274 e. The highest BCUT2D eigenvalue weighted by Crippen LogP contribution is 2.27. The Balaban J connectivity index is 2.27. The fourth-order valence-electron chi connectivity index (χ4n) is 1.90. The molecule has 0 atom stereocenters. The van der Waals surface area contributed by atoms with Crippen LogP contribution in [0.15, 0.2) is 24.5 Å². The molecule has 0 aliphatic carbocycles. The van der Waals surface area contributed by atoms with E-state index in [1.165, 1.54) is 10.7 Å².